The molecule has 3 aromatic rings. The molecule has 15 heteroatoms. The van der Waals surface area contributed by atoms with Gasteiger partial charge in [0.1, 0.15) is 15.6 Å². The number of halogens is 6. The molecule has 1 unspecified atom stereocenters. The summed E-state index contributed by atoms with van der Waals surface area (Å²) in [5.74, 6) is -0.356. The van der Waals surface area contributed by atoms with Gasteiger partial charge in [0.05, 0.1) is 17.8 Å². The number of sulfone groups is 1. The van der Waals surface area contributed by atoms with Gasteiger partial charge in [-0.25, -0.2) is 8.42 Å². The fraction of sp³-hybridized carbons (Fsp3) is 0.472. The Labute approximate surface area is 314 Å². The summed E-state index contributed by atoms with van der Waals surface area (Å²) in [5.41, 5.74) is 0.432. The van der Waals surface area contributed by atoms with Crippen molar-refractivity contribution < 1.29 is 31.1 Å². The van der Waals surface area contributed by atoms with Gasteiger partial charge >= 0.3 is 6.18 Å². The smallest absolute Gasteiger partial charge is 0.422 e. The minimum atomic E-state index is -4.62. The van der Waals surface area contributed by atoms with Gasteiger partial charge in [-0.3, -0.25) is 20.3 Å². The lowest BCUT2D eigenvalue weighted by Gasteiger charge is -2.41. The third-order valence-electron chi connectivity index (χ3n) is 9.15. The number of carbonyl (C=O) groups is 1. The van der Waals surface area contributed by atoms with Crippen molar-refractivity contribution in [1.29, 1.82) is 0 Å². The standard InChI is InChI=1S/C36H43Cl2F3N4O4S.ClH/c1-34(2,3)26-10-15-29(30(22-26)49-23-35(39,40)41)36(33(46)45-19-17-44(18-20-45)16-5-21-50(4,47)48)42-31(24-6-11-27(37)12-7-24)32(43-36)25-8-13-28(38)14-9-25;/h6-15,22,31-32,42-43H,5,16-21,23H2,1-4H3;1H/t31-,32+,36?;. The lowest BCUT2D eigenvalue weighted by atomic mass is 9.84. The Hall–Kier alpha value is -2.58. The predicted molar refractivity (Wildman–Crippen MR) is 198 cm³/mol. The predicted octanol–water partition coefficient (Wildman–Crippen LogP) is 7.06. The topological polar surface area (TPSA) is 91.0 Å². The van der Waals surface area contributed by atoms with Crippen LogP contribution in [0.4, 0.5) is 13.2 Å². The summed E-state index contributed by atoms with van der Waals surface area (Å²) in [5, 5.41) is 8.17. The number of benzene rings is 3. The van der Waals surface area contributed by atoms with Crippen molar-refractivity contribution in [2.45, 2.75) is 56.5 Å². The third-order valence-corrected chi connectivity index (χ3v) is 10.7. The van der Waals surface area contributed by atoms with E-state index >= 15 is 4.79 Å². The van der Waals surface area contributed by atoms with E-state index in [0.29, 0.717) is 49.2 Å². The van der Waals surface area contributed by atoms with E-state index in [0.717, 1.165) is 16.7 Å². The Morgan fingerprint density at radius 3 is 1.84 bits per heavy atom. The van der Waals surface area contributed by atoms with Crippen LogP contribution in [0, 0.1) is 0 Å². The lowest BCUT2D eigenvalue weighted by molar-refractivity contribution is -0.153. The molecule has 2 aliphatic rings. The van der Waals surface area contributed by atoms with Crippen LogP contribution in [0.2, 0.25) is 10.0 Å². The van der Waals surface area contributed by atoms with E-state index in [1.165, 1.54) is 6.26 Å². The van der Waals surface area contributed by atoms with Crippen LogP contribution in [-0.4, -0.2) is 81.6 Å². The van der Waals surface area contributed by atoms with Gasteiger partial charge in [-0.1, -0.05) is 80.4 Å². The number of amides is 1. The van der Waals surface area contributed by atoms with Crippen LogP contribution in [0.1, 0.15) is 61.5 Å². The highest BCUT2D eigenvalue weighted by atomic mass is 35.5. The quantitative estimate of drug-likeness (QED) is 0.227. The zero-order valence-corrected chi connectivity index (χ0v) is 32.0. The van der Waals surface area contributed by atoms with Gasteiger partial charge in [0, 0.05) is 48.0 Å². The number of hydrogen-bond donors (Lipinski definition) is 2. The Balaban J connectivity index is 0.00000583. The van der Waals surface area contributed by atoms with Crippen molar-refractivity contribution in [2.75, 3.05) is 51.3 Å². The van der Waals surface area contributed by atoms with E-state index in [2.05, 4.69) is 15.5 Å². The van der Waals surface area contributed by atoms with Crippen LogP contribution < -0.4 is 15.4 Å². The molecular weight excluding hydrogens is 748 g/mol. The van der Waals surface area contributed by atoms with E-state index in [9.17, 15) is 21.6 Å². The molecule has 0 aromatic heterocycles. The summed E-state index contributed by atoms with van der Waals surface area (Å²) in [6.45, 7) is 6.56. The second kappa shape index (κ2) is 16.2. The summed E-state index contributed by atoms with van der Waals surface area (Å²) in [4.78, 5) is 18.9. The molecule has 2 N–H and O–H groups in total. The van der Waals surface area contributed by atoms with Gasteiger partial charge in [-0.2, -0.15) is 13.2 Å². The second-order valence-corrected chi connectivity index (χ2v) is 17.2. The van der Waals surface area contributed by atoms with Gasteiger partial charge in [0.25, 0.3) is 5.91 Å². The lowest BCUT2D eigenvalue weighted by Crippen LogP contribution is -2.62. The van der Waals surface area contributed by atoms with E-state index < -0.39 is 45.8 Å². The summed E-state index contributed by atoms with van der Waals surface area (Å²) >= 11 is 12.5. The van der Waals surface area contributed by atoms with Crippen molar-refractivity contribution in [1.82, 2.24) is 20.4 Å². The molecule has 5 rings (SSSR count). The van der Waals surface area contributed by atoms with Crippen LogP contribution in [0.5, 0.6) is 5.75 Å². The van der Waals surface area contributed by atoms with Crippen LogP contribution in [0.25, 0.3) is 0 Å². The number of carbonyl (C=O) groups excluding carboxylic acids is 1. The van der Waals surface area contributed by atoms with Crippen LogP contribution in [-0.2, 0) is 25.7 Å². The first-order valence-electron chi connectivity index (χ1n) is 16.4. The normalized spacial score (nSPS) is 21.7. The highest BCUT2D eigenvalue weighted by molar-refractivity contribution is 7.90. The van der Waals surface area contributed by atoms with E-state index in [-0.39, 0.29) is 35.4 Å². The Kier molecular flexibility index (Phi) is 13.1. The molecule has 8 nitrogen and oxygen atoms in total. The van der Waals surface area contributed by atoms with Crippen molar-refractivity contribution in [3.63, 3.8) is 0 Å². The van der Waals surface area contributed by atoms with Crippen LogP contribution in [0.3, 0.4) is 0 Å². The summed E-state index contributed by atoms with van der Waals surface area (Å²) in [7, 11) is -3.10. The van der Waals surface area contributed by atoms with Crippen molar-refractivity contribution in [3.8, 4) is 5.75 Å². The fourth-order valence-electron chi connectivity index (χ4n) is 6.50. The molecule has 0 bridgehead atoms. The second-order valence-electron chi connectivity index (χ2n) is 14.1. The van der Waals surface area contributed by atoms with E-state index in [4.69, 9.17) is 27.9 Å². The number of nitrogens with zero attached hydrogens (tertiary/aromatic N) is 2. The van der Waals surface area contributed by atoms with Gasteiger partial charge in [0.2, 0.25) is 0 Å². The molecule has 280 valence electrons. The average molecular weight is 792 g/mol. The summed E-state index contributed by atoms with van der Waals surface area (Å²) < 4.78 is 69.8. The minimum absolute atomic E-state index is 0. The van der Waals surface area contributed by atoms with Gasteiger partial charge in [-0.15, -0.1) is 12.4 Å². The first-order valence-corrected chi connectivity index (χ1v) is 19.3. The number of ether oxygens (including phenoxy) is 1. The first-order chi connectivity index (χ1) is 23.3. The third kappa shape index (κ3) is 10.3. The molecule has 51 heavy (non-hydrogen) atoms. The Bertz CT molecular complexity index is 1710. The average Bonchev–Trinajstić information content (AvgIpc) is 3.45. The number of alkyl halides is 3. The van der Waals surface area contributed by atoms with Gasteiger partial charge < -0.3 is 9.64 Å². The van der Waals surface area contributed by atoms with E-state index in [1.54, 1.807) is 41.3 Å². The number of hydrogen-bond acceptors (Lipinski definition) is 7. The Morgan fingerprint density at radius 2 is 1.39 bits per heavy atom. The molecule has 2 heterocycles. The molecule has 2 fully saturated rings. The number of nitrogens with one attached hydrogen (secondary N) is 2. The molecule has 2 saturated heterocycles. The highest BCUT2D eigenvalue weighted by Crippen LogP contribution is 2.45. The van der Waals surface area contributed by atoms with Crippen molar-refractivity contribution in [2.24, 2.45) is 0 Å². The maximum atomic E-state index is 15.1. The van der Waals surface area contributed by atoms with E-state index in [1.807, 2.05) is 51.1 Å². The molecule has 3 aromatic carbocycles. The first kappa shape index (κ1) is 41.2. The molecule has 2 aliphatic heterocycles. The van der Waals surface area contributed by atoms with Gasteiger partial charge in [-0.05, 0) is 65.4 Å². The molecule has 3 atom stereocenters. The maximum Gasteiger partial charge on any atom is 0.422 e. The summed E-state index contributed by atoms with van der Waals surface area (Å²) in [6, 6.07) is 18.4. The van der Waals surface area contributed by atoms with Gasteiger partial charge in [0.15, 0.2) is 12.3 Å². The number of rotatable bonds is 10. The maximum absolute atomic E-state index is 15.1. The van der Waals surface area contributed by atoms with Crippen molar-refractivity contribution >= 4 is 51.4 Å². The molecule has 0 radical (unpaired) electrons. The molecule has 0 aliphatic carbocycles. The largest absolute Gasteiger partial charge is 0.484 e. The zero-order chi connectivity index (χ0) is 36.5. The Morgan fingerprint density at radius 1 is 0.882 bits per heavy atom. The van der Waals surface area contributed by atoms with Crippen LogP contribution in [0.15, 0.2) is 66.7 Å². The SMILES string of the molecule is CC(C)(C)c1ccc(C2(C(=O)N3CCN(CCCS(C)(=O)=O)CC3)N[C@H](c3ccc(Cl)cc3)[C@H](c3ccc(Cl)cc3)N2)c(OCC(F)(F)F)c1.Cl. The molecule has 0 spiro atoms. The number of piperazine rings is 1. The fourth-order valence-corrected chi connectivity index (χ4v) is 7.41. The monoisotopic (exact) mass is 790 g/mol. The molecular formula is C36H44Cl3F3N4O4S. The highest BCUT2D eigenvalue weighted by Gasteiger charge is 2.54. The zero-order valence-electron chi connectivity index (χ0n) is 28.9. The van der Waals surface area contributed by atoms with Crippen LogP contribution >= 0.6 is 35.6 Å². The van der Waals surface area contributed by atoms with Crippen molar-refractivity contribution in [3.05, 3.63) is 99.0 Å². The summed E-state index contributed by atoms with van der Waals surface area (Å²) in [6.07, 6.45) is -2.93. The molecule has 0 saturated carbocycles. The molecule has 1 amide bonds. The minimum Gasteiger partial charge on any atom is -0.484 e.